The summed E-state index contributed by atoms with van der Waals surface area (Å²) in [5.41, 5.74) is 2.79. The van der Waals surface area contributed by atoms with Crippen LogP contribution >= 0.6 is 46.4 Å². The maximum absolute atomic E-state index is 13.5. The standard InChI is InChI=1S/C27H29Cl2FN2O4.C23H20Cl2FNO5/c1-27(2,3)32-26-23(29)19(20(28)15-31-26)14-21(33)18-10-11-22(34-4)25(35-5)24(18)36-13-12-16-6-8-17(30)9-7-16;1-30-21-8-7-16(20(28)11-17-18(24)12-27(29)13-19(17)25)22(23(21)31-2)32-10-9-14-3-5-15(26)6-4-14/h6-11,15H,12-14H2,1-5H3,(H,31,32);3-8,12-13H,9-11H2,1-2H3. The van der Waals surface area contributed by atoms with E-state index in [2.05, 4.69) is 10.3 Å². The number of nitrogens with one attached hydrogen (secondary N) is 1. The number of anilines is 1. The highest BCUT2D eigenvalue weighted by Gasteiger charge is 2.26. The highest BCUT2D eigenvalue weighted by atomic mass is 35.5. The zero-order valence-corrected chi connectivity index (χ0v) is 41.3. The number of rotatable bonds is 19. The molecule has 0 aliphatic heterocycles. The fourth-order valence-corrected chi connectivity index (χ4v) is 7.79. The van der Waals surface area contributed by atoms with Crippen molar-refractivity contribution in [2.24, 2.45) is 0 Å². The third-order valence-electron chi connectivity index (χ3n) is 10.00. The Morgan fingerprint density at radius 3 is 1.44 bits per heavy atom. The van der Waals surface area contributed by atoms with Gasteiger partial charge in [-0.05, 0) is 80.4 Å². The Labute approximate surface area is 413 Å². The molecule has 6 rings (SSSR count). The maximum Gasteiger partial charge on any atom is 0.204 e. The van der Waals surface area contributed by atoms with Gasteiger partial charge in [0.2, 0.25) is 11.5 Å². The fourth-order valence-electron chi connectivity index (χ4n) is 6.69. The van der Waals surface area contributed by atoms with E-state index >= 15 is 0 Å². The van der Waals surface area contributed by atoms with Crippen molar-refractivity contribution in [1.82, 2.24) is 4.98 Å². The highest BCUT2D eigenvalue weighted by molar-refractivity contribution is 6.38. The number of pyridine rings is 2. The number of nitrogens with zero attached hydrogens (tertiary/aromatic N) is 2. The molecule has 4 aromatic carbocycles. The van der Waals surface area contributed by atoms with Gasteiger partial charge in [0.05, 0.1) is 62.8 Å². The quantitative estimate of drug-likeness (QED) is 0.0471. The van der Waals surface area contributed by atoms with E-state index in [1.165, 1.54) is 58.9 Å². The molecule has 0 unspecified atom stereocenters. The molecule has 18 heteroatoms. The van der Waals surface area contributed by atoms with Gasteiger partial charge >= 0.3 is 0 Å². The second-order valence-corrected chi connectivity index (χ2v) is 17.5. The molecule has 0 spiro atoms. The van der Waals surface area contributed by atoms with E-state index in [0.717, 1.165) is 23.5 Å². The molecule has 2 aromatic heterocycles. The average molecular weight is 1020 g/mol. The molecule has 6 aromatic rings. The predicted octanol–water partition coefficient (Wildman–Crippen LogP) is 11.6. The van der Waals surface area contributed by atoms with Gasteiger partial charge in [-0.3, -0.25) is 9.59 Å². The Bertz CT molecular complexity index is 2700. The number of hydrogen-bond donors (Lipinski definition) is 1. The minimum atomic E-state index is -0.338. The maximum atomic E-state index is 13.5. The van der Waals surface area contributed by atoms with Crippen LogP contribution in [0.5, 0.6) is 34.5 Å². The van der Waals surface area contributed by atoms with Gasteiger partial charge in [-0.25, -0.2) is 13.8 Å². The molecule has 68 heavy (non-hydrogen) atoms. The van der Waals surface area contributed by atoms with Gasteiger partial charge in [-0.15, -0.1) is 0 Å². The van der Waals surface area contributed by atoms with Crippen LogP contribution in [0.1, 0.15) is 63.7 Å². The molecule has 0 radical (unpaired) electrons. The molecule has 0 fully saturated rings. The molecule has 0 aliphatic rings. The van der Waals surface area contributed by atoms with Crippen molar-refractivity contribution in [3.05, 3.63) is 162 Å². The van der Waals surface area contributed by atoms with Crippen molar-refractivity contribution in [3.8, 4) is 34.5 Å². The summed E-state index contributed by atoms with van der Waals surface area (Å²) in [6, 6.07) is 18.6. The predicted molar refractivity (Wildman–Crippen MR) is 259 cm³/mol. The SMILES string of the molecule is COc1ccc(C(=O)Cc2c(Cl)c[n+]([O-])cc2Cl)c(OCCc2ccc(F)cc2)c1OC.COc1ccc(C(=O)Cc2c(Cl)cnc(NC(C)(C)C)c2Cl)c(OCCc2ccc(F)cc2)c1OC. The van der Waals surface area contributed by atoms with E-state index in [9.17, 15) is 23.6 Å². The largest absolute Gasteiger partial charge is 0.619 e. The van der Waals surface area contributed by atoms with Crippen LogP contribution in [-0.4, -0.2) is 63.7 Å². The first-order valence-corrected chi connectivity index (χ1v) is 22.4. The number of carbonyl (C=O) groups excluding carboxylic acids is 2. The van der Waals surface area contributed by atoms with Crippen LogP contribution in [0.2, 0.25) is 20.1 Å². The lowest BCUT2D eigenvalue weighted by atomic mass is 10.0. The van der Waals surface area contributed by atoms with Crippen molar-refractivity contribution < 1.29 is 51.5 Å². The van der Waals surface area contributed by atoms with E-state index in [0.29, 0.717) is 57.3 Å². The second kappa shape index (κ2) is 24.3. The van der Waals surface area contributed by atoms with E-state index in [4.69, 9.17) is 74.8 Å². The van der Waals surface area contributed by atoms with Gasteiger partial charge in [0.1, 0.15) is 27.5 Å². The third kappa shape index (κ3) is 14.0. The summed E-state index contributed by atoms with van der Waals surface area (Å²) >= 11 is 25.2. The van der Waals surface area contributed by atoms with Gasteiger partial charge in [0.25, 0.3) is 0 Å². The molecule has 0 amide bonds. The summed E-state index contributed by atoms with van der Waals surface area (Å²) < 4.78 is 60.5. The van der Waals surface area contributed by atoms with E-state index in [1.807, 2.05) is 20.8 Å². The van der Waals surface area contributed by atoms with Crippen molar-refractivity contribution in [2.75, 3.05) is 47.0 Å². The molecule has 360 valence electrons. The molecule has 0 saturated heterocycles. The number of aromatic nitrogens is 2. The molecular formula is C50H49Cl4F2N3O9. The minimum absolute atomic E-state index is 0.0805. The van der Waals surface area contributed by atoms with Gasteiger partial charge in [-0.1, -0.05) is 70.7 Å². The van der Waals surface area contributed by atoms with E-state index in [1.54, 1.807) is 48.5 Å². The van der Waals surface area contributed by atoms with Crippen LogP contribution < -0.4 is 38.5 Å². The molecule has 2 heterocycles. The summed E-state index contributed by atoms with van der Waals surface area (Å²) in [5.74, 6) is 1.03. The average Bonchev–Trinajstić information content (AvgIpc) is 3.30. The van der Waals surface area contributed by atoms with Crippen molar-refractivity contribution in [1.29, 1.82) is 0 Å². The van der Waals surface area contributed by atoms with Crippen molar-refractivity contribution in [3.63, 3.8) is 0 Å². The lowest BCUT2D eigenvalue weighted by Gasteiger charge is -2.23. The summed E-state index contributed by atoms with van der Waals surface area (Å²) in [4.78, 5) is 30.9. The van der Waals surface area contributed by atoms with Crippen LogP contribution in [-0.2, 0) is 25.7 Å². The first-order chi connectivity index (χ1) is 32.4. The van der Waals surface area contributed by atoms with Gasteiger partial charge in [0, 0.05) is 48.5 Å². The lowest BCUT2D eigenvalue weighted by molar-refractivity contribution is -0.605. The topological polar surface area (TPSA) is 141 Å². The van der Waals surface area contributed by atoms with E-state index in [-0.39, 0.29) is 97.7 Å². The Morgan fingerprint density at radius 1 is 0.618 bits per heavy atom. The van der Waals surface area contributed by atoms with Crippen LogP contribution in [0, 0.1) is 16.8 Å². The Balaban J connectivity index is 0.000000256. The third-order valence-corrected chi connectivity index (χ3v) is 11.4. The first-order valence-electron chi connectivity index (χ1n) is 20.9. The fraction of sp³-hybridized carbons (Fsp3) is 0.280. The number of methoxy groups -OCH3 is 4. The van der Waals surface area contributed by atoms with Crippen LogP contribution in [0.15, 0.2) is 91.4 Å². The molecule has 0 bridgehead atoms. The van der Waals surface area contributed by atoms with E-state index < -0.39 is 0 Å². The van der Waals surface area contributed by atoms with Gasteiger partial charge < -0.3 is 38.9 Å². The molecule has 0 saturated carbocycles. The van der Waals surface area contributed by atoms with Crippen LogP contribution in [0.4, 0.5) is 14.6 Å². The van der Waals surface area contributed by atoms with Crippen LogP contribution in [0.3, 0.4) is 0 Å². The Kier molecular flexibility index (Phi) is 18.9. The number of hydrogen-bond acceptors (Lipinski definition) is 11. The molecule has 1 N–H and O–H groups in total. The molecular weight excluding hydrogens is 966 g/mol. The summed E-state index contributed by atoms with van der Waals surface area (Å²) in [6.07, 6.45) is 4.48. The number of ketones is 2. The van der Waals surface area contributed by atoms with Crippen molar-refractivity contribution >= 4 is 63.8 Å². The molecule has 12 nitrogen and oxygen atoms in total. The number of halogens is 6. The van der Waals surface area contributed by atoms with Crippen LogP contribution in [0.25, 0.3) is 0 Å². The first kappa shape index (κ1) is 52.9. The second-order valence-electron chi connectivity index (χ2n) is 15.9. The number of carbonyl (C=O) groups is 2. The molecule has 0 aliphatic carbocycles. The minimum Gasteiger partial charge on any atom is -0.619 e. The zero-order chi connectivity index (χ0) is 49.7. The Hall–Kier alpha value is -6.06. The normalized spacial score (nSPS) is 11.0. The van der Waals surface area contributed by atoms with Gasteiger partial charge in [0.15, 0.2) is 47.0 Å². The number of ether oxygens (including phenoxy) is 6. The van der Waals surface area contributed by atoms with Gasteiger partial charge in [-0.2, -0.15) is 4.73 Å². The van der Waals surface area contributed by atoms with Crippen molar-refractivity contribution in [2.45, 2.75) is 52.0 Å². The Morgan fingerprint density at radius 2 is 1.04 bits per heavy atom. The number of benzene rings is 4. The zero-order valence-electron chi connectivity index (χ0n) is 38.2. The summed E-state index contributed by atoms with van der Waals surface area (Å²) in [5, 5.41) is 15.4. The summed E-state index contributed by atoms with van der Waals surface area (Å²) in [6.45, 7) is 6.36. The lowest BCUT2D eigenvalue weighted by Crippen LogP contribution is -2.27. The summed E-state index contributed by atoms with van der Waals surface area (Å²) in [7, 11) is 5.89. The molecule has 0 atom stereocenters. The highest BCUT2D eigenvalue weighted by Crippen LogP contribution is 2.43. The smallest absolute Gasteiger partial charge is 0.204 e. The number of Topliss-reactive ketones (excluding diaryl/α,β-unsaturated/α-hetero) is 2. The monoisotopic (exact) mass is 1010 g/mol.